The van der Waals surface area contributed by atoms with Gasteiger partial charge in [-0.25, -0.2) is 0 Å². The van der Waals surface area contributed by atoms with E-state index < -0.39 is 12.0 Å². The lowest BCUT2D eigenvalue weighted by Crippen LogP contribution is -2.25. The van der Waals surface area contributed by atoms with E-state index in [0.29, 0.717) is 5.69 Å². The lowest BCUT2D eigenvalue weighted by atomic mass is 10.1. The Balaban J connectivity index is 2.46. The second-order valence-electron chi connectivity index (χ2n) is 3.81. The number of carbonyl (C=O) groups excluding carboxylic acids is 1. The van der Waals surface area contributed by atoms with Crippen LogP contribution in [0.5, 0.6) is 0 Å². The molecule has 0 radical (unpaired) electrons. The van der Waals surface area contributed by atoms with Crippen LogP contribution in [0.25, 0.3) is 10.6 Å². The van der Waals surface area contributed by atoms with Crippen LogP contribution in [0, 0.1) is 12.3 Å². The molecule has 6 heteroatoms. The van der Waals surface area contributed by atoms with Crippen molar-refractivity contribution in [2.45, 2.75) is 13.0 Å². The number of aliphatic hydroxyl groups excluding tert-OH is 1. The molecule has 0 saturated carbocycles. The van der Waals surface area contributed by atoms with Crippen LogP contribution >= 0.6 is 11.3 Å². The number of nitrogens with one attached hydrogen (secondary N) is 1. The monoisotopic (exact) mass is 276 g/mol. The van der Waals surface area contributed by atoms with Crippen molar-refractivity contribution >= 4 is 17.2 Å². The fourth-order valence-corrected chi connectivity index (χ4v) is 2.32. The van der Waals surface area contributed by atoms with Crippen LogP contribution in [0.3, 0.4) is 0 Å². The molecule has 19 heavy (non-hydrogen) atoms. The molecule has 5 nitrogen and oxygen atoms in total. The third-order valence-corrected chi connectivity index (χ3v) is 3.31. The topological polar surface area (TPSA) is 75.4 Å². The summed E-state index contributed by atoms with van der Waals surface area (Å²) in [6.07, 6.45) is 4.19. The van der Waals surface area contributed by atoms with Gasteiger partial charge in [0.25, 0.3) is 5.91 Å². The van der Waals surface area contributed by atoms with Crippen molar-refractivity contribution < 1.29 is 14.4 Å². The van der Waals surface area contributed by atoms with Crippen LogP contribution in [0.15, 0.2) is 22.0 Å². The van der Waals surface area contributed by atoms with Gasteiger partial charge < -0.3 is 14.9 Å². The minimum Gasteiger partial charge on any atom is -0.385 e. The van der Waals surface area contributed by atoms with Crippen molar-refractivity contribution in [2.24, 2.45) is 0 Å². The highest BCUT2D eigenvalue weighted by Crippen LogP contribution is 2.31. The van der Waals surface area contributed by atoms with Gasteiger partial charge in [-0.05, 0) is 18.4 Å². The van der Waals surface area contributed by atoms with Gasteiger partial charge in [0.05, 0.1) is 11.4 Å². The van der Waals surface area contributed by atoms with Gasteiger partial charge >= 0.3 is 0 Å². The van der Waals surface area contributed by atoms with Crippen molar-refractivity contribution in [1.82, 2.24) is 10.5 Å². The molecule has 0 aliphatic heterocycles. The van der Waals surface area contributed by atoms with E-state index in [0.717, 1.165) is 4.88 Å². The standard InChI is InChI=1S/C13H12N2O3S/c1-3-6-14-13(17)10-11(9-5-4-7-19-9)15-18-12(10)8(2)16/h1,4-5,7-8,16H,6H2,2H3,(H,14,17). The summed E-state index contributed by atoms with van der Waals surface area (Å²) in [5, 5.41) is 17.9. The van der Waals surface area contributed by atoms with E-state index in [1.54, 1.807) is 0 Å². The van der Waals surface area contributed by atoms with Gasteiger partial charge in [0.15, 0.2) is 5.76 Å². The van der Waals surface area contributed by atoms with E-state index in [-0.39, 0.29) is 17.9 Å². The number of hydrogen-bond donors (Lipinski definition) is 2. The molecule has 1 unspecified atom stereocenters. The number of aromatic nitrogens is 1. The maximum absolute atomic E-state index is 12.1. The molecule has 2 rings (SSSR count). The fourth-order valence-electron chi connectivity index (χ4n) is 1.61. The molecular weight excluding hydrogens is 264 g/mol. The molecule has 0 spiro atoms. The second-order valence-corrected chi connectivity index (χ2v) is 4.76. The number of carbonyl (C=O) groups is 1. The molecule has 0 fully saturated rings. The molecule has 2 heterocycles. The van der Waals surface area contributed by atoms with E-state index in [1.807, 2.05) is 17.5 Å². The molecule has 0 aliphatic carbocycles. The predicted molar refractivity (Wildman–Crippen MR) is 71.6 cm³/mol. The summed E-state index contributed by atoms with van der Waals surface area (Å²) in [6, 6.07) is 3.67. The molecule has 0 aromatic carbocycles. The van der Waals surface area contributed by atoms with E-state index in [2.05, 4.69) is 16.4 Å². The average molecular weight is 276 g/mol. The van der Waals surface area contributed by atoms with Gasteiger partial charge in [0.2, 0.25) is 0 Å². The lowest BCUT2D eigenvalue weighted by molar-refractivity contribution is 0.0946. The van der Waals surface area contributed by atoms with Gasteiger partial charge in [-0.15, -0.1) is 17.8 Å². The summed E-state index contributed by atoms with van der Waals surface area (Å²) in [6.45, 7) is 1.61. The molecule has 1 amide bonds. The number of rotatable bonds is 4. The van der Waals surface area contributed by atoms with E-state index in [9.17, 15) is 9.90 Å². The number of aliphatic hydroxyl groups is 1. The van der Waals surface area contributed by atoms with E-state index in [1.165, 1.54) is 18.3 Å². The number of terminal acetylenes is 1. The summed E-state index contributed by atoms with van der Waals surface area (Å²) in [7, 11) is 0. The number of nitrogens with zero attached hydrogens (tertiary/aromatic N) is 1. The van der Waals surface area contributed by atoms with E-state index >= 15 is 0 Å². The Bertz CT molecular complexity index is 608. The number of thiophene rings is 1. The summed E-state index contributed by atoms with van der Waals surface area (Å²) in [5.41, 5.74) is 0.646. The third kappa shape index (κ3) is 2.67. The van der Waals surface area contributed by atoms with Crippen LogP contribution in [0.4, 0.5) is 0 Å². The molecule has 1 atom stereocenters. The van der Waals surface area contributed by atoms with Crippen LogP contribution in [-0.4, -0.2) is 22.7 Å². The van der Waals surface area contributed by atoms with Crippen molar-refractivity contribution in [1.29, 1.82) is 0 Å². The van der Waals surface area contributed by atoms with Gasteiger partial charge in [-0.1, -0.05) is 17.1 Å². The van der Waals surface area contributed by atoms with E-state index in [4.69, 9.17) is 10.9 Å². The maximum atomic E-state index is 12.1. The van der Waals surface area contributed by atoms with Crippen LogP contribution < -0.4 is 5.32 Å². The zero-order valence-corrected chi connectivity index (χ0v) is 11.0. The zero-order chi connectivity index (χ0) is 13.8. The summed E-state index contributed by atoms with van der Waals surface area (Å²) < 4.78 is 5.08. The highest BCUT2D eigenvalue weighted by Gasteiger charge is 2.26. The lowest BCUT2D eigenvalue weighted by Gasteiger charge is -2.04. The Hall–Kier alpha value is -2.10. The van der Waals surface area contributed by atoms with Crippen LogP contribution in [-0.2, 0) is 0 Å². The van der Waals surface area contributed by atoms with Crippen molar-refractivity contribution in [3.05, 3.63) is 28.8 Å². The zero-order valence-electron chi connectivity index (χ0n) is 10.2. The SMILES string of the molecule is C#CCNC(=O)c1c(-c2cccs2)noc1C(C)O. The maximum Gasteiger partial charge on any atom is 0.258 e. The normalized spacial score (nSPS) is 11.8. The molecule has 0 saturated heterocycles. The highest BCUT2D eigenvalue weighted by atomic mass is 32.1. The minimum atomic E-state index is -0.923. The Morgan fingerprint density at radius 1 is 1.74 bits per heavy atom. The Morgan fingerprint density at radius 2 is 2.53 bits per heavy atom. The van der Waals surface area contributed by atoms with Crippen LogP contribution in [0.2, 0.25) is 0 Å². The smallest absolute Gasteiger partial charge is 0.258 e. The Labute approximate surface area is 114 Å². The van der Waals surface area contributed by atoms with Gasteiger partial charge in [-0.2, -0.15) is 0 Å². The summed E-state index contributed by atoms with van der Waals surface area (Å²) >= 11 is 1.43. The van der Waals surface area contributed by atoms with Crippen molar-refractivity contribution in [3.8, 4) is 22.9 Å². The molecule has 0 aliphatic rings. The molecular formula is C13H12N2O3S. The first kappa shape index (κ1) is 13.3. The predicted octanol–water partition coefficient (Wildman–Crippen LogP) is 1.82. The first-order valence-corrected chi connectivity index (χ1v) is 6.46. The average Bonchev–Trinajstić information content (AvgIpc) is 3.02. The first-order chi connectivity index (χ1) is 9.15. The summed E-state index contributed by atoms with van der Waals surface area (Å²) in [4.78, 5) is 12.9. The van der Waals surface area contributed by atoms with Crippen molar-refractivity contribution in [3.63, 3.8) is 0 Å². The second kappa shape index (κ2) is 5.69. The molecule has 0 bridgehead atoms. The van der Waals surface area contributed by atoms with Gasteiger partial charge in [-0.3, -0.25) is 4.79 Å². The number of hydrogen-bond acceptors (Lipinski definition) is 5. The fraction of sp³-hybridized carbons (Fsp3) is 0.231. The molecule has 2 aromatic heterocycles. The largest absolute Gasteiger partial charge is 0.385 e. The van der Waals surface area contributed by atoms with Gasteiger partial charge in [0.1, 0.15) is 17.4 Å². The quantitative estimate of drug-likeness (QED) is 0.835. The van der Waals surface area contributed by atoms with Gasteiger partial charge in [0, 0.05) is 0 Å². The van der Waals surface area contributed by atoms with Crippen molar-refractivity contribution in [2.75, 3.05) is 6.54 Å². The summed E-state index contributed by atoms with van der Waals surface area (Å²) in [5.74, 6) is 2.05. The first-order valence-electron chi connectivity index (χ1n) is 5.58. The van der Waals surface area contributed by atoms with Crippen LogP contribution in [0.1, 0.15) is 29.1 Å². The minimum absolute atomic E-state index is 0.104. The molecule has 2 N–H and O–H groups in total. The molecule has 98 valence electrons. The Morgan fingerprint density at radius 3 is 3.11 bits per heavy atom. The third-order valence-electron chi connectivity index (χ3n) is 2.43. The Kier molecular flexibility index (Phi) is 4.00. The number of amides is 1. The molecule has 2 aromatic rings. The highest BCUT2D eigenvalue weighted by molar-refractivity contribution is 7.13.